The molecule has 0 radical (unpaired) electrons. The van der Waals surface area contributed by atoms with Gasteiger partial charge >= 0.3 is 11.9 Å². The Hall–Kier alpha value is -1.58. The van der Waals surface area contributed by atoms with Crippen LogP contribution in [-0.4, -0.2) is 25.2 Å². The minimum atomic E-state index is -1.25. The molecule has 100 valence electrons. The van der Waals surface area contributed by atoms with Crippen LogP contribution in [0.15, 0.2) is 23.8 Å². The Bertz CT molecular complexity index is 361. The largest absolute Gasteiger partial charge is 0.465 e. The van der Waals surface area contributed by atoms with Gasteiger partial charge in [-0.1, -0.05) is 23.8 Å². The summed E-state index contributed by atoms with van der Waals surface area (Å²) in [6, 6.07) is 0. The Kier molecular flexibility index (Phi) is 5.13. The van der Waals surface area contributed by atoms with Gasteiger partial charge in [-0.3, -0.25) is 9.59 Å². The highest BCUT2D eigenvalue weighted by Gasteiger charge is 2.49. The van der Waals surface area contributed by atoms with E-state index in [0.29, 0.717) is 12.8 Å². The van der Waals surface area contributed by atoms with Crippen molar-refractivity contribution in [3.63, 3.8) is 0 Å². The van der Waals surface area contributed by atoms with Crippen LogP contribution in [0.5, 0.6) is 0 Å². The van der Waals surface area contributed by atoms with E-state index in [1.54, 1.807) is 19.9 Å². The second kappa shape index (κ2) is 6.38. The van der Waals surface area contributed by atoms with Crippen LogP contribution >= 0.6 is 0 Å². The van der Waals surface area contributed by atoms with E-state index >= 15 is 0 Å². The number of esters is 2. The third-order valence-electron chi connectivity index (χ3n) is 2.90. The van der Waals surface area contributed by atoms with E-state index in [1.165, 1.54) is 0 Å². The van der Waals surface area contributed by atoms with Crippen molar-refractivity contribution in [2.24, 2.45) is 5.41 Å². The Morgan fingerprint density at radius 3 is 2.28 bits per heavy atom. The normalized spacial score (nSPS) is 17.6. The molecule has 0 saturated heterocycles. The lowest BCUT2D eigenvalue weighted by Gasteiger charge is -2.22. The minimum absolute atomic E-state index is 0.257. The van der Waals surface area contributed by atoms with Crippen LogP contribution < -0.4 is 0 Å². The molecule has 0 N–H and O–H groups in total. The Morgan fingerprint density at radius 2 is 1.83 bits per heavy atom. The first-order valence-corrected chi connectivity index (χ1v) is 6.29. The molecule has 0 amide bonds. The van der Waals surface area contributed by atoms with Crippen molar-refractivity contribution < 1.29 is 19.1 Å². The van der Waals surface area contributed by atoms with E-state index in [4.69, 9.17) is 9.47 Å². The van der Waals surface area contributed by atoms with Gasteiger partial charge in [0.1, 0.15) is 0 Å². The molecule has 0 atom stereocenters. The fourth-order valence-electron chi connectivity index (χ4n) is 2.07. The van der Waals surface area contributed by atoms with Gasteiger partial charge in [0.2, 0.25) is 0 Å². The highest BCUT2D eigenvalue weighted by Crippen LogP contribution is 2.39. The maximum Gasteiger partial charge on any atom is 0.327 e. The lowest BCUT2D eigenvalue weighted by Crippen LogP contribution is -2.39. The summed E-state index contributed by atoms with van der Waals surface area (Å²) in [4.78, 5) is 24.1. The second-order valence-corrected chi connectivity index (χ2v) is 4.13. The van der Waals surface area contributed by atoms with Crippen LogP contribution in [-0.2, 0) is 19.1 Å². The van der Waals surface area contributed by atoms with Gasteiger partial charge in [-0.25, -0.2) is 0 Å². The number of carbonyl (C=O) groups excluding carboxylic acids is 2. The van der Waals surface area contributed by atoms with E-state index in [1.807, 2.05) is 19.1 Å². The zero-order valence-electron chi connectivity index (χ0n) is 11.2. The molecule has 1 aliphatic rings. The molecule has 0 aromatic carbocycles. The second-order valence-electron chi connectivity index (χ2n) is 4.13. The van der Waals surface area contributed by atoms with E-state index in [9.17, 15) is 9.59 Å². The van der Waals surface area contributed by atoms with Crippen LogP contribution in [0.25, 0.3) is 0 Å². The molecule has 0 heterocycles. The first kappa shape index (κ1) is 14.5. The molecular formula is C14H20O4. The molecule has 0 saturated carbocycles. The Labute approximate surface area is 108 Å². The summed E-state index contributed by atoms with van der Waals surface area (Å²) < 4.78 is 10.0. The van der Waals surface area contributed by atoms with Gasteiger partial charge in [0.25, 0.3) is 0 Å². The van der Waals surface area contributed by atoms with E-state index in [0.717, 1.165) is 5.57 Å². The summed E-state index contributed by atoms with van der Waals surface area (Å²) >= 11 is 0. The molecule has 0 bridgehead atoms. The van der Waals surface area contributed by atoms with Crippen molar-refractivity contribution in [2.45, 2.75) is 33.6 Å². The summed E-state index contributed by atoms with van der Waals surface area (Å²) in [5.41, 5.74) is -0.278. The van der Waals surface area contributed by atoms with Gasteiger partial charge in [0.05, 0.1) is 13.2 Å². The number of ether oxygens (including phenoxy) is 2. The van der Waals surface area contributed by atoms with Crippen molar-refractivity contribution in [1.29, 1.82) is 0 Å². The van der Waals surface area contributed by atoms with Crippen molar-refractivity contribution in [1.82, 2.24) is 0 Å². The predicted molar refractivity (Wildman–Crippen MR) is 67.8 cm³/mol. The summed E-state index contributed by atoms with van der Waals surface area (Å²) in [5.74, 6) is -1.02. The molecule has 0 aliphatic heterocycles. The molecule has 0 aromatic rings. The zero-order valence-corrected chi connectivity index (χ0v) is 11.2. The molecule has 18 heavy (non-hydrogen) atoms. The fraction of sp³-hybridized carbons (Fsp3) is 0.571. The van der Waals surface area contributed by atoms with Gasteiger partial charge < -0.3 is 9.47 Å². The SMILES string of the molecule is CC=CC1=CC(C(=O)OCC)(C(=O)OCC)CC1. The maximum atomic E-state index is 12.0. The summed E-state index contributed by atoms with van der Waals surface area (Å²) in [6.07, 6.45) is 6.58. The number of rotatable bonds is 5. The first-order valence-electron chi connectivity index (χ1n) is 6.29. The van der Waals surface area contributed by atoms with Crippen molar-refractivity contribution in [3.05, 3.63) is 23.8 Å². The third-order valence-corrected chi connectivity index (χ3v) is 2.90. The van der Waals surface area contributed by atoms with Crippen LogP contribution in [0.3, 0.4) is 0 Å². The number of hydrogen-bond donors (Lipinski definition) is 0. The van der Waals surface area contributed by atoms with Gasteiger partial charge in [0, 0.05) is 0 Å². The zero-order chi connectivity index (χ0) is 13.6. The minimum Gasteiger partial charge on any atom is -0.465 e. The first-order chi connectivity index (χ1) is 8.60. The number of hydrogen-bond acceptors (Lipinski definition) is 4. The molecule has 0 fully saturated rings. The van der Waals surface area contributed by atoms with E-state index in [2.05, 4.69) is 0 Å². The van der Waals surface area contributed by atoms with Gasteiger partial charge in [-0.05, 0) is 33.6 Å². The highest BCUT2D eigenvalue weighted by atomic mass is 16.6. The van der Waals surface area contributed by atoms with Gasteiger partial charge in [0.15, 0.2) is 5.41 Å². The van der Waals surface area contributed by atoms with Crippen molar-refractivity contribution in [2.75, 3.05) is 13.2 Å². The average Bonchev–Trinajstić information content (AvgIpc) is 2.76. The Morgan fingerprint density at radius 1 is 1.28 bits per heavy atom. The van der Waals surface area contributed by atoms with E-state index < -0.39 is 17.4 Å². The quantitative estimate of drug-likeness (QED) is 0.557. The highest BCUT2D eigenvalue weighted by molar-refractivity contribution is 6.03. The predicted octanol–water partition coefficient (Wildman–Crippen LogP) is 2.40. The smallest absolute Gasteiger partial charge is 0.327 e. The number of carbonyl (C=O) groups is 2. The monoisotopic (exact) mass is 252 g/mol. The summed E-state index contributed by atoms with van der Waals surface area (Å²) in [7, 11) is 0. The topological polar surface area (TPSA) is 52.6 Å². The molecule has 1 aliphatic carbocycles. The summed E-state index contributed by atoms with van der Waals surface area (Å²) in [6.45, 7) is 5.86. The fourth-order valence-corrected chi connectivity index (χ4v) is 2.07. The van der Waals surface area contributed by atoms with Crippen LogP contribution in [0.1, 0.15) is 33.6 Å². The summed E-state index contributed by atoms with van der Waals surface area (Å²) in [5, 5.41) is 0. The lowest BCUT2D eigenvalue weighted by atomic mass is 9.88. The van der Waals surface area contributed by atoms with Gasteiger partial charge in [-0.15, -0.1) is 0 Å². The molecule has 0 spiro atoms. The average molecular weight is 252 g/mol. The molecular weight excluding hydrogens is 232 g/mol. The maximum absolute atomic E-state index is 12.0. The molecule has 4 heteroatoms. The molecule has 4 nitrogen and oxygen atoms in total. The van der Waals surface area contributed by atoms with E-state index in [-0.39, 0.29) is 13.2 Å². The third kappa shape index (κ3) is 2.81. The molecule has 0 unspecified atom stereocenters. The van der Waals surface area contributed by atoms with Gasteiger partial charge in [-0.2, -0.15) is 0 Å². The van der Waals surface area contributed by atoms with Crippen LogP contribution in [0.4, 0.5) is 0 Å². The Balaban J connectivity index is 3.04. The van der Waals surface area contributed by atoms with Crippen LogP contribution in [0, 0.1) is 5.41 Å². The number of allylic oxidation sites excluding steroid dienone is 3. The molecule has 1 rings (SSSR count). The van der Waals surface area contributed by atoms with Crippen molar-refractivity contribution in [3.8, 4) is 0 Å². The van der Waals surface area contributed by atoms with Crippen molar-refractivity contribution >= 4 is 11.9 Å². The molecule has 0 aromatic heterocycles. The van der Waals surface area contributed by atoms with Crippen LogP contribution in [0.2, 0.25) is 0 Å². The standard InChI is InChI=1S/C14H20O4/c1-4-7-11-8-9-14(10-11,12(15)17-5-2)13(16)18-6-3/h4,7,10H,5-6,8-9H2,1-3H3. The lowest BCUT2D eigenvalue weighted by molar-refractivity contribution is -0.167.